The fraction of sp³-hybridized carbons (Fsp3) is 0.571. The van der Waals surface area contributed by atoms with Gasteiger partial charge in [-0.3, -0.25) is 0 Å². The number of anilines is 1. The first kappa shape index (κ1) is 14.9. The van der Waals surface area contributed by atoms with Gasteiger partial charge in [0.1, 0.15) is 5.82 Å². The van der Waals surface area contributed by atoms with E-state index in [0.717, 1.165) is 12.1 Å². The Kier molecular flexibility index (Phi) is 6.09. The molecule has 1 atom stereocenters. The van der Waals surface area contributed by atoms with Crippen LogP contribution in [0.3, 0.4) is 0 Å². The van der Waals surface area contributed by atoms with Crippen molar-refractivity contribution in [2.75, 3.05) is 31.7 Å². The topological polar surface area (TPSA) is 38.5 Å². The Balaban J connectivity index is 2.92. The van der Waals surface area contributed by atoms with Crippen LogP contribution >= 0.6 is 0 Å². The van der Waals surface area contributed by atoms with Gasteiger partial charge in [-0.15, -0.1) is 0 Å². The monoisotopic (exact) mass is 254 g/mol. The molecule has 0 saturated carbocycles. The second-order valence-electron chi connectivity index (χ2n) is 4.41. The van der Waals surface area contributed by atoms with E-state index in [1.54, 1.807) is 13.2 Å². The number of halogens is 1. The van der Waals surface area contributed by atoms with Crippen molar-refractivity contribution in [2.24, 2.45) is 5.73 Å². The lowest BCUT2D eigenvalue weighted by molar-refractivity contribution is 0.181. The Morgan fingerprint density at radius 1 is 1.44 bits per heavy atom. The van der Waals surface area contributed by atoms with Gasteiger partial charge in [-0.25, -0.2) is 4.39 Å². The first-order chi connectivity index (χ1) is 8.63. The normalized spacial score (nSPS) is 12.5. The molecule has 0 amide bonds. The minimum absolute atomic E-state index is 0.148. The molecule has 2 N–H and O–H groups in total. The number of benzene rings is 1. The lowest BCUT2D eigenvalue weighted by Gasteiger charge is -2.30. The number of likely N-dealkylation sites (N-methyl/N-ethyl adjacent to an activating group) is 1. The number of hydrogen-bond donors (Lipinski definition) is 1. The second-order valence-corrected chi connectivity index (χ2v) is 4.41. The summed E-state index contributed by atoms with van der Waals surface area (Å²) in [5.41, 5.74) is 7.04. The van der Waals surface area contributed by atoms with E-state index in [1.165, 1.54) is 0 Å². The van der Waals surface area contributed by atoms with Crippen LogP contribution in [0, 0.1) is 5.82 Å². The van der Waals surface area contributed by atoms with Crippen molar-refractivity contribution in [3.8, 4) is 0 Å². The predicted molar refractivity (Wildman–Crippen MR) is 73.5 cm³/mol. The highest BCUT2D eigenvalue weighted by Crippen LogP contribution is 2.22. The third kappa shape index (κ3) is 3.68. The number of methoxy groups -OCH3 is 1. The third-order valence-electron chi connectivity index (χ3n) is 3.04. The van der Waals surface area contributed by atoms with Crippen molar-refractivity contribution < 1.29 is 9.13 Å². The smallest absolute Gasteiger partial charge is 0.146 e. The van der Waals surface area contributed by atoms with Gasteiger partial charge in [0.25, 0.3) is 0 Å². The fourth-order valence-corrected chi connectivity index (χ4v) is 2.16. The minimum atomic E-state index is -0.189. The Morgan fingerprint density at radius 2 is 2.17 bits per heavy atom. The van der Waals surface area contributed by atoms with E-state index in [-0.39, 0.29) is 11.9 Å². The van der Waals surface area contributed by atoms with Crippen LogP contribution in [0.25, 0.3) is 0 Å². The summed E-state index contributed by atoms with van der Waals surface area (Å²) < 4.78 is 19.2. The number of hydrogen-bond acceptors (Lipinski definition) is 3. The summed E-state index contributed by atoms with van der Waals surface area (Å²) in [4.78, 5) is 2.01. The zero-order valence-corrected chi connectivity index (χ0v) is 11.4. The molecule has 3 nitrogen and oxygen atoms in total. The maximum atomic E-state index is 14.1. The summed E-state index contributed by atoms with van der Waals surface area (Å²) in [6.45, 7) is 5.91. The quantitative estimate of drug-likeness (QED) is 0.810. The molecule has 18 heavy (non-hydrogen) atoms. The molecule has 0 aromatic heterocycles. The van der Waals surface area contributed by atoms with E-state index in [2.05, 4.69) is 0 Å². The average Bonchev–Trinajstić information content (AvgIpc) is 2.33. The highest BCUT2D eigenvalue weighted by molar-refractivity contribution is 5.50. The molecule has 1 aromatic carbocycles. The highest BCUT2D eigenvalue weighted by atomic mass is 19.1. The molecule has 4 heteroatoms. The van der Waals surface area contributed by atoms with Crippen molar-refractivity contribution in [1.82, 2.24) is 0 Å². The number of rotatable bonds is 7. The molecule has 0 aliphatic heterocycles. The Hall–Kier alpha value is -1.13. The molecule has 1 unspecified atom stereocenters. The van der Waals surface area contributed by atoms with Crippen molar-refractivity contribution in [2.45, 2.75) is 26.3 Å². The van der Waals surface area contributed by atoms with E-state index in [1.807, 2.05) is 30.9 Å². The molecule has 0 heterocycles. The van der Waals surface area contributed by atoms with Crippen molar-refractivity contribution in [3.63, 3.8) is 0 Å². The van der Waals surface area contributed by atoms with E-state index in [9.17, 15) is 4.39 Å². The maximum absolute atomic E-state index is 14.1. The Bertz CT molecular complexity index is 371. The molecule has 102 valence electrons. The first-order valence-corrected chi connectivity index (χ1v) is 6.38. The Labute approximate surface area is 109 Å². The van der Waals surface area contributed by atoms with Crippen LogP contribution in [-0.2, 0) is 11.2 Å². The minimum Gasteiger partial charge on any atom is -0.383 e. The summed E-state index contributed by atoms with van der Waals surface area (Å²) in [7, 11) is 1.66. The molecule has 0 radical (unpaired) electrons. The number of nitrogens with zero attached hydrogens (tertiary/aromatic N) is 1. The summed E-state index contributed by atoms with van der Waals surface area (Å²) >= 11 is 0. The molecular weight excluding hydrogens is 231 g/mol. The van der Waals surface area contributed by atoms with Gasteiger partial charge in [0.2, 0.25) is 0 Å². The summed E-state index contributed by atoms with van der Waals surface area (Å²) in [5.74, 6) is -0.189. The van der Waals surface area contributed by atoms with Crippen LogP contribution in [0.5, 0.6) is 0 Å². The van der Waals surface area contributed by atoms with E-state index in [0.29, 0.717) is 25.3 Å². The Morgan fingerprint density at radius 3 is 2.67 bits per heavy atom. The molecule has 0 saturated heterocycles. The predicted octanol–water partition coefficient (Wildman–Crippen LogP) is 2.19. The van der Waals surface area contributed by atoms with Crippen LogP contribution in [-0.4, -0.2) is 32.8 Å². The van der Waals surface area contributed by atoms with Gasteiger partial charge in [0.05, 0.1) is 12.3 Å². The molecule has 1 aromatic rings. The summed E-state index contributed by atoms with van der Waals surface area (Å²) in [6, 6.07) is 5.49. The number of nitrogens with two attached hydrogens (primary N) is 1. The van der Waals surface area contributed by atoms with Crippen LogP contribution in [0.4, 0.5) is 10.1 Å². The summed E-state index contributed by atoms with van der Waals surface area (Å²) in [6.07, 6.45) is 0.705. The second kappa shape index (κ2) is 7.34. The van der Waals surface area contributed by atoms with E-state index < -0.39 is 0 Å². The standard InChI is InChI=1S/C14H23FN2O/c1-4-17(11(2)10-18-3)14-6-5-12(7-8-16)9-13(14)15/h5-6,9,11H,4,7-8,10,16H2,1-3H3. The molecule has 1 rings (SSSR count). The van der Waals surface area contributed by atoms with Crippen molar-refractivity contribution >= 4 is 5.69 Å². The SMILES string of the molecule is CCN(c1ccc(CCN)cc1F)C(C)COC. The van der Waals surface area contributed by atoms with Crippen molar-refractivity contribution in [3.05, 3.63) is 29.6 Å². The van der Waals surface area contributed by atoms with Crippen molar-refractivity contribution in [1.29, 1.82) is 0 Å². The van der Waals surface area contributed by atoms with Crippen LogP contribution in [0.15, 0.2) is 18.2 Å². The zero-order valence-electron chi connectivity index (χ0n) is 11.4. The largest absolute Gasteiger partial charge is 0.383 e. The van der Waals surface area contributed by atoms with Gasteiger partial charge >= 0.3 is 0 Å². The average molecular weight is 254 g/mol. The van der Waals surface area contributed by atoms with E-state index >= 15 is 0 Å². The molecule has 0 fully saturated rings. The van der Waals surface area contributed by atoms with Crippen LogP contribution in [0.1, 0.15) is 19.4 Å². The first-order valence-electron chi connectivity index (χ1n) is 6.38. The molecule has 0 spiro atoms. The lowest BCUT2D eigenvalue weighted by atomic mass is 10.1. The number of ether oxygens (including phenoxy) is 1. The molecule has 0 aliphatic carbocycles. The van der Waals surface area contributed by atoms with Gasteiger partial charge in [0.15, 0.2) is 0 Å². The van der Waals surface area contributed by atoms with Gasteiger partial charge in [-0.1, -0.05) is 6.07 Å². The third-order valence-corrected chi connectivity index (χ3v) is 3.04. The van der Waals surface area contributed by atoms with Gasteiger partial charge in [0, 0.05) is 19.7 Å². The highest BCUT2D eigenvalue weighted by Gasteiger charge is 2.16. The van der Waals surface area contributed by atoms with Gasteiger partial charge < -0.3 is 15.4 Å². The van der Waals surface area contributed by atoms with Gasteiger partial charge in [-0.2, -0.15) is 0 Å². The fourth-order valence-electron chi connectivity index (χ4n) is 2.16. The van der Waals surface area contributed by atoms with Crippen LogP contribution in [0.2, 0.25) is 0 Å². The molecule has 0 bridgehead atoms. The van der Waals surface area contributed by atoms with Gasteiger partial charge in [-0.05, 0) is 44.5 Å². The lowest BCUT2D eigenvalue weighted by Crippen LogP contribution is -2.36. The molecule has 0 aliphatic rings. The zero-order chi connectivity index (χ0) is 13.5. The maximum Gasteiger partial charge on any atom is 0.146 e. The summed E-state index contributed by atoms with van der Waals surface area (Å²) in [5, 5.41) is 0. The van der Waals surface area contributed by atoms with Crippen LogP contribution < -0.4 is 10.6 Å². The van der Waals surface area contributed by atoms with E-state index in [4.69, 9.17) is 10.5 Å². The molecular formula is C14H23FN2O.